The molecular formula is C14H27NO3. The van der Waals surface area contributed by atoms with Crippen molar-refractivity contribution in [3.63, 3.8) is 0 Å². The second-order valence-electron chi connectivity index (χ2n) is 5.46. The van der Waals surface area contributed by atoms with Gasteiger partial charge < -0.3 is 10.5 Å². The molecule has 0 aromatic carbocycles. The fraction of sp³-hybridized carbons (Fsp3) is 0.857. The van der Waals surface area contributed by atoms with E-state index in [1.807, 2.05) is 13.8 Å². The molecule has 0 bridgehead atoms. The van der Waals surface area contributed by atoms with Crippen LogP contribution >= 0.6 is 0 Å². The van der Waals surface area contributed by atoms with Crippen molar-refractivity contribution >= 4 is 11.9 Å². The molecule has 18 heavy (non-hydrogen) atoms. The van der Waals surface area contributed by atoms with Gasteiger partial charge in [-0.05, 0) is 24.2 Å². The van der Waals surface area contributed by atoms with Gasteiger partial charge in [0.1, 0.15) is 0 Å². The van der Waals surface area contributed by atoms with Crippen LogP contribution in [0.15, 0.2) is 0 Å². The van der Waals surface area contributed by atoms with E-state index in [1.54, 1.807) is 0 Å². The lowest BCUT2D eigenvalue weighted by Gasteiger charge is -2.20. The van der Waals surface area contributed by atoms with Gasteiger partial charge >= 0.3 is 5.97 Å². The molecule has 4 heteroatoms. The Bertz CT molecular complexity index is 276. The van der Waals surface area contributed by atoms with E-state index in [9.17, 15) is 9.59 Å². The first-order valence-corrected chi connectivity index (χ1v) is 6.78. The van der Waals surface area contributed by atoms with Crippen LogP contribution in [0.3, 0.4) is 0 Å². The van der Waals surface area contributed by atoms with Gasteiger partial charge in [0, 0.05) is 6.42 Å². The number of amides is 1. The molecule has 0 aliphatic heterocycles. The molecule has 1 amide bonds. The normalized spacial score (nSPS) is 16.1. The average Bonchev–Trinajstić information content (AvgIpc) is 2.30. The summed E-state index contributed by atoms with van der Waals surface area (Å²) in [5.41, 5.74) is 5.20. The van der Waals surface area contributed by atoms with Crippen molar-refractivity contribution < 1.29 is 14.3 Å². The summed E-state index contributed by atoms with van der Waals surface area (Å²) < 4.78 is 5.12. The average molecular weight is 257 g/mol. The van der Waals surface area contributed by atoms with Gasteiger partial charge in [0.2, 0.25) is 0 Å². The van der Waals surface area contributed by atoms with E-state index < -0.39 is 12.0 Å². The SMILES string of the molecule is CC[C@H](C)C(C)CCC(=O)O[C@H](C(N)=O)C(C)C. The number of nitrogens with two attached hydrogens (primary N) is 1. The Kier molecular flexibility index (Phi) is 7.64. The summed E-state index contributed by atoms with van der Waals surface area (Å²) >= 11 is 0. The van der Waals surface area contributed by atoms with Crippen molar-refractivity contribution in [1.82, 2.24) is 0 Å². The number of carbonyl (C=O) groups excluding carboxylic acids is 2. The maximum absolute atomic E-state index is 11.6. The molecule has 0 aliphatic carbocycles. The lowest BCUT2D eigenvalue weighted by molar-refractivity contribution is -0.157. The Hall–Kier alpha value is -1.06. The molecule has 3 atom stereocenters. The van der Waals surface area contributed by atoms with Gasteiger partial charge in [0.25, 0.3) is 5.91 Å². The van der Waals surface area contributed by atoms with E-state index in [2.05, 4.69) is 20.8 Å². The van der Waals surface area contributed by atoms with Gasteiger partial charge in [-0.1, -0.05) is 41.0 Å². The zero-order chi connectivity index (χ0) is 14.3. The van der Waals surface area contributed by atoms with Gasteiger partial charge in [0.05, 0.1) is 0 Å². The number of primary amides is 1. The molecular weight excluding hydrogens is 230 g/mol. The summed E-state index contributed by atoms with van der Waals surface area (Å²) in [5.74, 6) is 0.0814. The number of esters is 1. The maximum Gasteiger partial charge on any atom is 0.306 e. The van der Waals surface area contributed by atoms with Crippen LogP contribution in [0, 0.1) is 17.8 Å². The van der Waals surface area contributed by atoms with Crippen LogP contribution in [0.25, 0.3) is 0 Å². The quantitative estimate of drug-likeness (QED) is 0.679. The molecule has 0 aromatic rings. The lowest BCUT2D eigenvalue weighted by Crippen LogP contribution is -2.37. The van der Waals surface area contributed by atoms with E-state index >= 15 is 0 Å². The van der Waals surface area contributed by atoms with Crippen LogP contribution in [0.1, 0.15) is 53.9 Å². The third kappa shape index (κ3) is 6.03. The molecule has 106 valence electrons. The zero-order valence-corrected chi connectivity index (χ0v) is 12.2. The number of hydrogen-bond donors (Lipinski definition) is 1. The van der Waals surface area contributed by atoms with Crippen LogP contribution in [0.2, 0.25) is 0 Å². The van der Waals surface area contributed by atoms with E-state index in [-0.39, 0.29) is 11.9 Å². The lowest BCUT2D eigenvalue weighted by atomic mass is 9.90. The van der Waals surface area contributed by atoms with E-state index in [4.69, 9.17) is 10.5 Å². The summed E-state index contributed by atoms with van der Waals surface area (Å²) in [7, 11) is 0. The Morgan fingerprint density at radius 1 is 1.11 bits per heavy atom. The third-order valence-corrected chi connectivity index (χ3v) is 3.56. The second-order valence-corrected chi connectivity index (χ2v) is 5.46. The number of ether oxygens (including phenoxy) is 1. The standard InChI is InChI=1S/C14H27NO3/c1-6-10(4)11(5)7-8-12(16)18-13(9(2)3)14(15)17/h9-11,13H,6-8H2,1-5H3,(H2,15,17)/t10-,11?,13-/m0/s1. The predicted octanol–water partition coefficient (Wildman–Crippen LogP) is 2.50. The van der Waals surface area contributed by atoms with Crippen molar-refractivity contribution in [3.05, 3.63) is 0 Å². The van der Waals surface area contributed by atoms with Crippen molar-refractivity contribution in [2.45, 2.75) is 60.0 Å². The molecule has 2 N–H and O–H groups in total. The molecule has 0 rings (SSSR count). The van der Waals surface area contributed by atoms with E-state index in [0.717, 1.165) is 12.8 Å². The smallest absolute Gasteiger partial charge is 0.306 e. The summed E-state index contributed by atoms with van der Waals surface area (Å²) in [6.45, 7) is 10.1. The highest BCUT2D eigenvalue weighted by Gasteiger charge is 2.24. The number of hydrogen-bond acceptors (Lipinski definition) is 3. The van der Waals surface area contributed by atoms with Gasteiger partial charge in [0.15, 0.2) is 6.10 Å². The zero-order valence-electron chi connectivity index (χ0n) is 12.2. The monoisotopic (exact) mass is 257 g/mol. The van der Waals surface area contributed by atoms with E-state index in [0.29, 0.717) is 18.3 Å². The Balaban J connectivity index is 4.14. The highest BCUT2D eigenvalue weighted by atomic mass is 16.5. The topological polar surface area (TPSA) is 69.4 Å². The first-order chi connectivity index (χ1) is 8.29. The van der Waals surface area contributed by atoms with Crippen molar-refractivity contribution in [1.29, 1.82) is 0 Å². The highest BCUT2D eigenvalue weighted by molar-refractivity contribution is 5.82. The van der Waals surface area contributed by atoms with Gasteiger partial charge in [-0.15, -0.1) is 0 Å². The first kappa shape index (κ1) is 16.9. The largest absolute Gasteiger partial charge is 0.452 e. The third-order valence-electron chi connectivity index (χ3n) is 3.56. The molecule has 0 saturated heterocycles. The van der Waals surface area contributed by atoms with Crippen LogP contribution in [-0.2, 0) is 14.3 Å². The Morgan fingerprint density at radius 2 is 1.67 bits per heavy atom. The molecule has 0 fully saturated rings. The van der Waals surface area contributed by atoms with Gasteiger partial charge in [-0.25, -0.2) is 0 Å². The van der Waals surface area contributed by atoms with Crippen molar-refractivity contribution in [2.75, 3.05) is 0 Å². The summed E-state index contributed by atoms with van der Waals surface area (Å²) in [5, 5.41) is 0. The molecule has 0 heterocycles. The molecule has 0 saturated carbocycles. The van der Waals surface area contributed by atoms with Crippen molar-refractivity contribution in [3.8, 4) is 0 Å². The molecule has 0 aliphatic rings. The van der Waals surface area contributed by atoms with Gasteiger partial charge in [-0.3, -0.25) is 9.59 Å². The van der Waals surface area contributed by atoms with Gasteiger partial charge in [-0.2, -0.15) is 0 Å². The summed E-state index contributed by atoms with van der Waals surface area (Å²) in [6, 6.07) is 0. The molecule has 0 aromatic heterocycles. The maximum atomic E-state index is 11.6. The van der Waals surface area contributed by atoms with Crippen LogP contribution in [0.4, 0.5) is 0 Å². The molecule has 0 spiro atoms. The Morgan fingerprint density at radius 3 is 2.06 bits per heavy atom. The molecule has 1 unspecified atom stereocenters. The second kappa shape index (κ2) is 8.11. The van der Waals surface area contributed by atoms with Crippen molar-refractivity contribution in [2.24, 2.45) is 23.5 Å². The van der Waals surface area contributed by atoms with E-state index in [1.165, 1.54) is 0 Å². The minimum absolute atomic E-state index is 0.0848. The number of carbonyl (C=O) groups is 2. The van der Waals surface area contributed by atoms with Crippen LogP contribution in [0.5, 0.6) is 0 Å². The highest BCUT2D eigenvalue weighted by Crippen LogP contribution is 2.20. The fourth-order valence-electron chi connectivity index (χ4n) is 1.76. The first-order valence-electron chi connectivity index (χ1n) is 6.78. The fourth-order valence-corrected chi connectivity index (χ4v) is 1.76. The molecule has 0 radical (unpaired) electrons. The van der Waals surface area contributed by atoms with Crippen LogP contribution < -0.4 is 5.73 Å². The summed E-state index contributed by atoms with van der Waals surface area (Å²) in [6.07, 6.45) is 1.43. The summed E-state index contributed by atoms with van der Waals surface area (Å²) in [4.78, 5) is 22.8. The molecule has 4 nitrogen and oxygen atoms in total. The predicted molar refractivity (Wildman–Crippen MR) is 71.8 cm³/mol. The minimum Gasteiger partial charge on any atom is -0.452 e. The minimum atomic E-state index is -0.809. The number of rotatable bonds is 8. The Labute approximate surface area is 110 Å². The van der Waals surface area contributed by atoms with Crippen LogP contribution in [-0.4, -0.2) is 18.0 Å².